The molecule has 94 valence electrons. The highest BCUT2D eigenvalue weighted by molar-refractivity contribution is 9.11. The van der Waals surface area contributed by atoms with Crippen LogP contribution in [0.1, 0.15) is 17.5 Å². The number of rotatable bonds is 4. The van der Waals surface area contributed by atoms with Crippen molar-refractivity contribution in [1.82, 2.24) is 9.55 Å². The number of imidazole rings is 1. The van der Waals surface area contributed by atoms with E-state index in [0.29, 0.717) is 17.9 Å². The Labute approximate surface area is 113 Å². The van der Waals surface area contributed by atoms with Crippen LogP contribution in [0, 0.1) is 5.82 Å². The maximum Gasteiger partial charge on any atom is 0.142 e. The summed E-state index contributed by atoms with van der Waals surface area (Å²) in [5, 5.41) is 10.2. The standard InChI is InChI=1S/C13H12BrFN2O/c1-9(14)8-17-7-6-16-13(17)12(18)10-2-4-11(15)5-3-10/h2-7,12,18H,1,8H2/t12-/m1/s1. The summed E-state index contributed by atoms with van der Waals surface area (Å²) in [5.41, 5.74) is 0.601. The van der Waals surface area contributed by atoms with Gasteiger partial charge in [0.2, 0.25) is 0 Å². The molecule has 0 amide bonds. The van der Waals surface area contributed by atoms with Crippen LogP contribution >= 0.6 is 15.9 Å². The highest BCUT2D eigenvalue weighted by Gasteiger charge is 2.16. The van der Waals surface area contributed by atoms with Crippen LogP contribution < -0.4 is 0 Å². The molecule has 1 aromatic heterocycles. The van der Waals surface area contributed by atoms with Crippen LogP contribution in [-0.2, 0) is 6.54 Å². The van der Waals surface area contributed by atoms with Crippen LogP contribution in [-0.4, -0.2) is 14.7 Å². The molecule has 1 atom stereocenters. The number of aliphatic hydroxyl groups is 1. The molecule has 0 radical (unpaired) electrons. The molecule has 1 heterocycles. The molecule has 18 heavy (non-hydrogen) atoms. The number of benzene rings is 1. The maximum absolute atomic E-state index is 12.8. The minimum atomic E-state index is -0.882. The normalized spacial score (nSPS) is 12.4. The summed E-state index contributed by atoms with van der Waals surface area (Å²) in [5.74, 6) is 0.172. The van der Waals surface area contributed by atoms with Gasteiger partial charge in [-0.05, 0) is 17.7 Å². The molecular weight excluding hydrogens is 299 g/mol. The molecule has 0 aliphatic rings. The van der Waals surface area contributed by atoms with Gasteiger partial charge in [-0.25, -0.2) is 9.37 Å². The summed E-state index contributed by atoms with van der Waals surface area (Å²) < 4.78 is 15.4. The van der Waals surface area contributed by atoms with Crippen LogP contribution in [0.15, 0.2) is 47.7 Å². The summed E-state index contributed by atoms with van der Waals surface area (Å²) in [6.45, 7) is 4.27. The molecule has 0 unspecified atom stereocenters. The molecule has 1 aromatic carbocycles. The molecule has 3 nitrogen and oxygen atoms in total. The van der Waals surface area contributed by atoms with E-state index in [1.54, 1.807) is 29.1 Å². The molecule has 5 heteroatoms. The molecule has 0 saturated heterocycles. The number of nitrogens with zero attached hydrogens (tertiary/aromatic N) is 2. The quantitative estimate of drug-likeness (QED) is 0.942. The van der Waals surface area contributed by atoms with Gasteiger partial charge >= 0.3 is 0 Å². The van der Waals surface area contributed by atoms with Gasteiger partial charge < -0.3 is 9.67 Å². The van der Waals surface area contributed by atoms with Crippen molar-refractivity contribution >= 4 is 15.9 Å². The van der Waals surface area contributed by atoms with Gasteiger partial charge in [-0.3, -0.25) is 0 Å². The highest BCUT2D eigenvalue weighted by atomic mass is 79.9. The van der Waals surface area contributed by atoms with Crippen LogP contribution in [0.25, 0.3) is 0 Å². The Hall–Kier alpha value is -1.46. The molecule has 0 bridgehead atoms. The predicted molar refractivity (Wildman–Crippen MR) is 70.8 cm³/mol. The van der Waals surface area contributed by atoms with Crippen LogP contribution in [0.2, 0.25) is 0 Å². The highest BCUT2D eigenvalue weighted by Crippen LogP contribution is 2.21. The van der Waals surface area contributed by atoms with Crippen molar-refractivity contribution in [1.29, 1.82) is 0 Å². The maximum atomic E-state index is 12.8. The third-order valence-electron chi connectivity index (χ3n) is 2.52. The Morgan fingerprint density at radius 1 is 1.44 bits per heavy atom. The van der Waals surface area contributed by atoms with E-state index in [9.17, 15) is 9.50 Å². The van der Waals surface area contributed by atoms with Crippen molar-refractivity contribution in [2.45, 2.75) is 12.6 Å². The van der Waals surface area contributed by atoms with Gasteiger partial charge in [-0.15, -0.1) is 0 Å². The van der Waals surface area contributed by atoms with E-state index >= 15 is 0 Å². The minimum absolute atomic E-state index is 0.330. The summed E-state index contributed by atoms with van der Waals surface area (Å²) in [6.07, 6.45) is 2.49. The summed E-state index contributed by atoms with van der Waals surface area (Å²) in [6, 6.07) is 5.72. The Kier molecular flexibility index (Phi) is 3.93. The van der Waals surface area contributed by atoms with Gasteiger partial charge in [-0.1, -0.05) is 34.6 Å². The number of aromatic nitrogens is 2. The largest absolute Gasteiger partial charge is 0.380 e. The van der Waals surface area contributed by atoms with E-state index < -0.39 is 6.10 Å². The Morgan fingerprint density at radius 3 is 2.72 bits per heavy atom. The van der Waals surface area contributed by atoms with Crippen LogP contribution in [0.4, 0.5) is 4.39 Å². The lowest BCUT2D eigenvalue weighted by atomic mass is 10.1. The van der Waals surface area contributed by atoms with E-state index in [4.69, 9.17) is 0 Å². The van der Waals surface area contributed by atoms with Crippen molar-refractivity contribution in [3.63, 3.8) is 0 Å². The van der Waals surface area contributed by atoms with Crippen molar-refractivity contribution in [2.75, 3.05) is 0 Å². The number of hydrogen-bond acceptors (Lipinski definition) is 2. The number of aliphatic hydroxyl groups excluding tert-OH is 1. The Morgan fingerprint density at radius 2 is 2.11 bits per heavy atom. The third-order valence-corrected chi connectivity index (χ3v) is 2.77. The molecule has 0 aliphatic carbocycles. The van der Waals surface area contributed by atoms with E-state index in [0.717, 1.165) is 4.48 Å². The second-order valence-electron chi connectivity index (χ2n) is 3.88. The van der Waals surface area contributed by atoms with Gasteiger partial charge in [0.05, 0.1) is 6.54 Å². The van der Waals surface area contributed by atoms with Crippen molar-refractivity contribution in [3.8, 4) is 0 Å². The fraction of sp³-hybridized carbons (Fsp3) is 0.154. The first-order chi connectivity index (χ1) is 8.58. The fourth-order valence-corrected chi connectivity index (χ4v) is 1.95. The topological polar surface area (TPSA) is 38.0 Å². The lowest BCUT2D eigenvalue weighted by Crippen LogP contribution is -2.10. The van der Waals surface area contributed by atoms with E-state index in [-0.39, 0.29) is 5.82 Å². The summed E-state index contributed by atoms with van der Waals surface area (Å²) >= 11 is 3.27. The molecule has 0 fully saturated rings. The number of allylic oxidation sites excluding steroid dienone is 1. The van der Waals surface area contributed by atoms with E-state index in [2.05, 4.69) is 27.5 Å². The van der Waals surface area contributed by atoms with Gasteiger partial charge in [0.15, 0.2) is 0 Å². The zero-order valence-corrected chi connectivity index (χ0v) is 11.1. The van der Waals surface area contributed by atoms with Crippen LogP contribution in [0.5, 0.6) is 0 Å². The first-order valence-electron chi connectivity index (χ1n) is 5.36. The molecular formula is C13H12BrFN2O. The van der Waals surface area contributed by atoms with Crippen molar-refractivity contribution in [3.05, 3.63) is 64.9 Å². The number of halogens is 2. The predicted octanol–water partition coefficient (Wildman–Crippen LogP) is 3.01. The first kappa shape index (κ1) is 13.0. The fourth-order valence-electron chi connectivity index (χ4n) is 1.68. The zero-order valence-electron chi connectivity index (χ0n) is 9.55. The number of hydrogen-bond donors (Lipinski definition) is 1. The minimum Gasteiger partial charge on any atom is -0.380 e. The first-order valence-corrected chi connectivity index (χ1v) is 6.15. The second-order valence-corrected chi connectivity index (χ2v) is 5.01. The van der Waals surface area contributed by atoms with E-state index in [1.165, 1.54) is 12.1 Å². The molecule has 0 aliphatic heterocycles. The lowest BCUT2D eigenvalue weighted by Gasteiger charge is -2.13. The summed E-state index contributed by atoms with van der Waals surface area (Å²) in [7, 11) is 0. The Bertz CT molecular complexity index is 550. The lowest BCUT2D eigenvalue weighted by molar-refractivity contribution is 0.205. The Balaban J connectivity index is 2.28. The molecule has 1 N–H and O–H groups in total. The van der Waals surface area contributed by atoms with Crippen molar-refractivity contribution in [2.24, 2.45) is 0 Å². The molecule has 0 saturated carbocycles. The monoisotopic (exact) mass is 310 g/mol. The molecule has 2 aromatic rings. The second kappa shape index (κ2) is 5.46. The van der Waals surface area contributed by atoms with Crippen molar-refractivity contribution < 1.29 is 9.50 Å². The molecule has 2 rings (SSSR count). The summed E-state index contributed by atoms with van der Waals surface area (Å²) in [4.78, 5) is 4.13. The van der Waals surface area contributed by atoms with Crippen LogP contribution in [0.3, 0.4) is 0 Å². The van der Waals surface area contributed by atoms with E-state index in [1.807, 2.05) is 0 Å². The zero-order chi connectivity index (χ0) is 13.1. The average Bonchev–Trinajstić information content (AvgIpc) is 2.76. The van der Waals surface area contributed by atoms with Gasteiger partial charge in [-0.2, -0.15) is 0 Å². The van der Waals surface area contributed by atoms with Gasteiger partial charge in [0.25, 0.3) is 0 Å². The third kappa shape index (κ3) is 2.86. The van der Waals surface area contributed by atoms with Gasteiger partial charge in [0.1, 0.15) is 17.7 Å². The smallest absolute Gasteiger partial charge is 0.142 e. The van der Waals surface area contributed by atoms with Gasteiger partial charge in [0, 0.05) is 16.9 Å². The SMILES string of the molecule is C=C(Br)Cn1ccnc1[C@H](O)c1ccc(F)cc1. The molecule has 0 spiro atoms. The average molecular weight is 311 g/mol.